The molecule has 0 amide bonds. The first kappa shape index (κ1) is 31.6. The third-order valence-corrected chi connectivity index (χ3v) is 10.1. The molecule has 0 aliphatic heterocycles. The van der Waals surface area contributed by atoms with Crippen molar-refractivity contribution in [3.63, 3.8) is 0 Å². The van der Waals surface area contributed by atoms with Crippen LogP contribution in [0.3, 0.4) is 0 Å². The molecule has 0 saturated heterocycles. The first-order valence-electron chi connectivity index (χ1n) is 18.0. The summed E-state index contributed by atoms with van der Waals surface area (Å²) in [6.07, 6.45) is 0. The van der Waals surface area contributed by atoms with E-state index in [2.05, 4.69) is 202 Å². The summed E-state index contributed by atoms with van der Waals surface area (Å²) < 4.78 is 6.62. The Morgan fingerprint density at radius 1 is 0.385 bits per heavy atom. The fraction of sp³-hybridized carbons (Fsp3) is 0.0800. The molecular formula is C50H39NO. The summed E-state index contributed by atoms with van der Waals surface area (Å²) >= 11 is 0. The molecule has 52 heavy (non-hydrogen) atoms. The minimum Gasteiger partial charge on any atom is -0.456 e. The van der Waals surface area contributed by atoms with Gasteiger partial charge in [-0.1, -0.05) is 154 Å². The van der Waals surface area contributed by atoms with E-state index in [1.165, 1.54) is 54.7 Å². The molecular weight excluding hydrogens is 631 g/mol. The van der Waals surface area contributed by atoms with Gasteiger partial charge in [0.15, 0.2) is 0 Å². The highest BCUT2D eigenvalue weighted by molar-refractivity contribution is 6.08. The Bertz CT molecular complexity index is 2700. The third-order valence-electron chi connectivity index (χ3n) is 10.1. The van der Waals surface area contributed by atoms with Gasteiger partial charge < -0.3 is 9.32 Å². The van der Waals surface area contributed by atoms with Gasteiger partial charge in [-0.3, -0.25) is 0 Å². The zero-order chi connectivity index (χ0) is 35.2. The van der Waals surface area contributed by atoms with Crippen LogP contribution >= 0.6 is 0 Å². The largest absolute Gasteiger partial charge is 0.456 e. The predicted octanol–water partition coefficient (Wildman–Crippen LogP) is 14.5. The molecule has 0 aliphatic rings. The zero-order valence-corrected chi connectivity index (χ0v) is 29.7. The van der Waals surface area contributed by atoms with E-state index in [0.717, 1.165) is 34.0 Å². The summed E-state index contributed by atoms with van der Waals surface area (Å²) in [7, 11) is 0. The molecule has 0 unspecified atom stereocenters. The second kappa shape index (κ2) is 12.7. The van der Waals surface area contributed by atoms with Crippen LogP contribution in [-0.4, -0.2) is 0 Å². The molecule has 250 valence electrons. The Labute approximate surface area is 305 Å². The highest BCUT2D eigenvalue weighted by Crippen LogP contribution is 2.44. The van der Waals surface area contributed by atoms with E-state index in [1.54, 1.807) is 0 Å². The van der Waals surface area contributed by atoms with Crippen LogP contribution in [0.1, 0.15) is 26.3 Å². The van der Waals surface area contributed by atoms with E-state index in [1.807, 2.05) is 6.07 Å². The number of nitrogens with zero attached hydrogens (tertiary/aromatic N) is 1. The summed E-state index contributed by atoms with van der Waals surface area (Å²) in [5.74, 6) is 0.925. The van der Waals surface area contributed by atoms with Gasteiger partial charge >= 0.3 is 0 Å². The van der Waals surface area contributed by atoms with Gasteiger partial charge in [0.25, 0.3) is 0 Å². The molecule has 0 radical (unpaired) electrons. The molecule has 0 spiro atoms. The van der Waals surface area contributed by atoms with Crippen molar-refractivity contribution in [3.8, 4) is 33.6 Å². The van der Waals surface area contributed by atoms with E-state index in [4.69, 9.17) is 4.42 Å². The van der Waals surface area contributed by atoms with Gasteiger partial charge in [0.05, 0.1) is 0 Å². The van der Waals surface area contributed by atoms with E-state index in [0.29, 0.717) is 0 Å². The number of hydrogen-bond acceptors (Lipinski definition) is 2. The normalized spacial score (nSPS) is 11.8. The average molecular weight is 670 g/mol. The predicted molar refractivity (Wildman–Crippen MR) is 221 cm³/mol. The number of rotatable bonds is 6. The first-order valence-corrected chi connectivity index (χ1v) is 18.0. The number of furan rings is 1. The summed E-state index contributed by atoms with van der Waals surface area (Å²) in [6, 6.07) is 65.4. The standard InChI is InChI=1S/C50H39NO/c1-50(2,3)48-46-18-9-10-19-47(46)52-49(48)40-15-11-16-43(33-40)51(41-27-22-35(23-28-41)34-12-5-4-6-13-34)42-29-24-36(25-30-42)38-26-31-45-39(32-38)21-20-37-14-7-8-17-44(37)45/h4-33H,1-3H3. The molecule has 0 atom stereocenters. The fourth-order valence-corrected chi connectivity index (χ4v) is 7.66. The van der Waals surface area contributed by atoms with Crippen molar-refractivity contribution in [2.45, 2.75) is 26.2 Å². The number of hydrogen-bond donors (Lipinski definition) is 0. The lowest BCUT2D eigenvalue weighted by Gasteiger charge is -2.27. The van der Waals surface area contributed by atoms with Crippen molar-refractivity contribution >= 4 is 49.6 Å². The highest BCUT2D eigenvalue weighted by Gasteiger charge is 2.26. The van der Waals surface area contributed by atoms with Crippen molar-refractivity contribution in [3.05, 3.63) is 188 Å². The Balaban J connectivity index is 1.14. The van der Waals surface area contributed by atoms with Crippen LogP contribution in [0.5, 0.6) is 0 Å². The number of benzene rings is 8. The molecule has 0 saturated carbocycles. The van der Waals surface area contributed by atoms with Crippen LogP contribution in [0, 0.1) is 0 Å². The van der Waals surface area contributed by atoms with Gasteiger partial charge in [0, 0.05) is 33.6 Å². The quantitative estimate of drug-likeness (QED) is 0.164. The summed E-state index contributed by atoms with van der Waals surface area (Å²) in [5.41, 5.74) is 11.1. The second-order valence-electron chi connectivity index (χ2n) is 14.6. The maximum absolute atomic E-state index is 6.62. The minimum atomic E-state index is -0.101. The lowest BCUT2D eigenvalue weighted by Crippen LogP contribution is -2.12. The number of para-hydroxylation sites is 1. The monoisotopic (exact) mass is 669 g/mol. The van der Waals surface area contributed by atoms with Gasteiger partial charge in [-0.25, -0.2) is 0 Å². The molecule has 1 heterocycles. The molecule has 9 aromatic rings. The average Bonchev–Trinajstić information content (AvgIpc) is 3.60. The molecule has 2 heteroatoms. The molecule has 8 aromatic carbocycles. The van der Waals surface area contributed by atoms with E-state index >= 15 is 0 Å². The Morgan fingerprint density at radius 3 is 1.67 bits per heavy atom. The highest BCUT2D eigenvalue weighted by atomic mass is 16.3. The van der Waals surface area contributed by atoms with E-state index < -0.39 is 0 Å². The third kappa shape index (κ3) is 5.73. The van der Waals surface area contributed by atoms with Crippen LogP contribution in [-0.2, 0) is 5.41 Å². The van der Waals surface area contributed by atoms with Gasteiger partial charge in [0.2, 0.25) is 0 Å². The van der Waals surface area contributed by atoms with Crippen molar-refractivity contribution < 1.29 is 4.42 Å². The lowest BCUT2D eigenvalue weighted by molar-refractivity contribution is 0.568. The summed E-state index contributed by atoms with van der Waals surface area (Å²) in [4.78, 5) is 2.34. The maximum atomic E-state index is 6.62. The second-order valence-corrected chi connectivity index (χ2v) is 14.6. The molecule has 0 fully saturated rings. The van der Waals surface area contributed by atoms with Crippen molar-refractivity contribution in [1.82, 2.24) is 0 Å². The van der Waals surface area contributed by atoms with Crippen LogP contribution in [0.4, 0.5) is 17.1 Å². The summed E-state index contributed by atoms with van der Waals surface area (Å²) in [6.45, 7) is 6.78. The smallest absolute Gasteiger partial charge is 0.139 e. The number of anilines is 3. The Kier molecular flexibility index (Phi) is 7.74. The fourth-order valence-electron chi connectivity index (χ4n) is 7.66. The molecule has 0 bridgehead atoms. The topological polar surface area (TPSA) is 16.4 Å². The van der Waals surface area contributed by atoms with Crippen LogP contribution in [0.2, 0.25) is 0 Å². The summed E-state index contributed by atoms with van der Waals surface area (Å²) in [5, 5.41) is 6.25. The van der Waals surface area contributed by atoms with Gasteiger partial charge in [-0.05, 0) is 97.7 Å². The van der Waals surface area contributed by atoms with Crippen molar-refractivity contribution in [1.29, 1.82) is 0 Å². The van der Waals surface area contributed by atoms with Gasteiger partial charge in [0.1, 0.15) is 11.3 Å². The molecule has 9 rings (SSSR count). The van der Waals surface area contributed by atoms with E-state index in [9.17, 15) is 0 Å². The molecule has 1 aromatic heterocycles. The van der Waals surface area contributed by atoms with Crippen LogP contribution in [0.25, 0.3) is 66.1 Å². The SMILES string of the molecule is CC(C)(C)c1c(-c2cccc(N(c3ccc(-c4ccccc4)cc3)c3ccc(-c4ccc5c(ccc6ccccc65)c4)cc3)c2)oc2ccccc12. The first-order chi connectivity index (χ1) is 25.4. The lowest BCUT2D eigenvalue weighted by atomic mass is 9.83. The minimum absolute atomic E-state index is 0.101. The maximum Gasteiger partial charge on any atom is 0.139 e. The number of fused-ring (bicyclic) bond motifs is 4. The van der Waals surface area contributed by atoms with Crippen molar-refractivity contribution in [2.24, 2.45) is 0 Å². The van der Waals surface area contributed by atoms with Crippen molar-refractivity contribution in [2.75, 3.05) is 4.90 Å². The Hall–Kier alpha value is -6.38. The molecule has 0 aliphatic carbocycles. The zero-order valence-electron chi connectivity index (χ0n) is 29.7. The van der Waals surface area contributed by atoms with Crippen LogP contribution < -0.4 is 4.90 Å². The molecule has 0 N–H and O–H groups in total. The van der Waals surface area contributed by atoms with E-state index in [-0.39, 0.29) is 5.41 Å². The Morgan fingerprint density at radius 2 is 0.942 bits per heavy atom. The van der Waals surface area contributed by atoms with Crippen LogP contribution in [0.15, 0.2) is 186 Å². The van der Waals surface area contributed by atoms with Gasteiger partial charge in [-0.2, -0.15) is 0 Å². The molecule has 2 nitrogen and oxygen atoms in total. The van der Waals surface area contributed by atoms with Gasteiger partial charge in [-0.15, -0.1) is 0 Å².